The Kier molecular flexibility index (Phi) is 5.12. The SMILES string of the molecule is COC(=O)C(Cl)Cc1ccccc1C(=O)c1ccccc1. The molecule has 0 bridgehead atoms. The topological polar surface area (TPSA) is 43.4 Å². The van der Waals surface area contributed by atoms with E-state index in [1.807, 2.05) is 24.3 Å². The second-order valence-corrected chi connectivity index (χ2v) is 5.07. The second kappa shape index (κ2) is 7.04. The first-order valence-corrected chi connectivity index (χ1v) is 6.96. The number of carbonyl (C=O) groups excluding carboxylic acids is 2. The summed E-state index contributed by atoms with van der Waals surface area (Å²) in [6.07, 6.45) is 0.253. The summed E-state index contributed by atoms with van der Waals surface area (Å²) in [5, 5.41) is -0.806. The third-order valence-corrected chi connectivity index (χ3v) is 3.49. The third kappa shape index (κ3) is 3.70. The molecule has 0 saturated heterocycles. The van der Waals surface area contributed by atoms with Crippen molar-refractivity contribution in [2.24, 2.45) is 0 Å². The van der Waals surface area contributed by atoms with E-state index in [-0.39, 0.29) is 12.2 Å². The molecule has 21 heavy (non-hydrogen) atoms. The molecular formula is C17H15ClO3. The van der Waals surface area contributed by atoms with E-state index in [9.17, 15) is 9.59 Å². The lowest BCUT2D eigenvalue weighted by Crippen LogP contribution is -2.20. The average Bonchev–Trinajstić information content (AvgIpc) is 2.54. The summed E-state index contributed by atoms with van der Waals surface area (Å²) < 4.78 is 4.61. The molecule has 0 aliphatic carbocycles. The Morgan fingerprint density at radius 2 is 1.67 bits per heavy atom. The Morgan fingerprint density at radius 1 is 1.05 bits per heavy atom. The van der Waals surface area contributed by atoms with Crippen LogP contribution in [0.1, 0.15) is 21.5 Å². The number of hydrogen-bond acceptors (Lipinski definition) is 3. The highest BCUT2D eigenvalue weighted by Crippen LogP contribution is 2.18. The van der Waals surface area contributed by atoms with Gasteiger partial charge in [-0.2, -0.15) is 0 Å². The molecule has 0 aliphatic heterocycles. The molecule has 0 N–H and O–H groups in total. The van der Waals surface area contributed by atoms with E-state index >= 15 is 0 Å². The number of hydrogen-bond donors (Lipinski definition) is 0. The number of rotatable bonds is 5. The zero-order valence-electron chi connectivity index (χ0n) is 11.6. The number of carbonyl (C=O) groups is 2. The number of esters is 1. The van der Waals surface area contributed by atoms with Gasteiger partial charge >= 0.3 is 5.97 Å². The predicted octanol–water partition coefficient (Wildman–Crippen LogP) is 3.24. The highest BCUT2D eigenvalue weighted by molar-refractivity contribution is 6.30. The normalized spacial score (nSPS) is 11.7. The van der Waals surface area contributed by atoms with E-state index in [1.54, 1.807) is 30.3 Å². The van der Waals surface area contributed by atoms with Crippen LogP contribution in [-0.4, -0.2) is 24.2 Å². The summed E-state index contributed by atoms with van der Waals surface area (Å²) in [6, 6.07) is 16.2. The lowest BCUT2D eigenvalue weighted by atomic mass is 9.96. The lowest BCUT2D eigenvalue weighted by Gasteiger charge is -2.11. The summed E-state index contributed by atoms with van der Waals surface area (Å²) in [4.78, 5) is 24.0. The van der Waals surface area contributed by atoms with Gasteiger partial charge in [-0.15, -0.1) is 11.6 Å². The minimum atomic E-state index is -0.806. The molecule has 2 aromatic rings. The molecule has 0 amide bonds. The maximum absolute atomic E-state index is 12.5. The van der Waals surface area contributed by atoms with Gasteiger partial charge in [-0.1, -0.05) is 54.6 Å². The van der Waals surface area contributed by atoms with Crippen molar-refractivity contribution in [3.05, 3.63) is 71.3 Å². The first-order valence-electron chi connectivity index (χ1n) is 6.53. The number of benzene rings is 2. The van der Waals surface area contributed by atoms with Gasteiger partial charge in [0.05, 0.1) is 7.11 Å². The van der Waals surface area contributed by atoms with Crippen molar-refractivity contribution in [2.75, 3.05) is 7.11 Å². The van der Waals surface area contributed by atoms with Gasteiger partial charge in [0.15, 0.2) is 5.78 Å². The molecule has 0 fully saturated rings. The summed E-state index contributed by atoms with van der Waals surface area (Å²) in [5.74, 6) is -0.585. The van der Waals surface area contributed by atoms with E-state index < -0.39 is 11.3 Å². The molecule has 1 atom stereocenters. The minimum absolute atomic E-state index is 0.0834. The maximum Gasteiger partial charge on any atom is 0.324 e. The molecule has 3 nitrogen and oxygen atoms in total. The van der Waals surface area contributed by atoms with E-state index in [0.717, 1.165) is 5.56 Å². The van der Waals surface area contributed by atoms with Gasteiger partial charge in [0, 0.05) is 17.5 Å². The molecule has 2 aromatic carbocycles. The molecule has 0 saturated carbocycles. The third-order valence-electron chi connectivity index (χ3n) is 3.15. The molecule has 0 aromatic heterocycles. The van der Waals surface area contributed by atoms with Crippen LogP contribution in [-0.2, 0) is 16.0 Å². The van der Waals surface area contributed by atoms with Crippen molar-refractivity contribution < 1.29 is 14.3 Å². The van der Waals surface area contributed by atoms with Gasteiger partial charge in [-0.25, -0.2) is 0 Å². The maximum atomic E-state index is 12.5. The Labute approximate surface area is 128 Å². The molecule has 0 heterocycles. The van der Waals surface area contributed by atoms with Crippen molar-refractivity contribution in [3.8, 4) is 0 Å². The fourth-order valence-corrected chi connectivity index (χ4v) is 2.32. The average molecular weight is 303 g/mol. The van der Waals surface area contributed by atoms with Gasteiger partial charge in [0.25, 0.3) is 0 Å². The Balaban J connectivity index is 2.29. The van der Waals surface area contributed by atoms with Crippen LogP contribution in [0.25, 0.3) is 0 Å². The monoisotopic (exact) mass is 302 g/mol. The Bertz CT molecular complexity index is 637. The van der Waals surface area contributed by atoms with Crippen molar-refractivity contribution in [1.82, 2.24) is 0 Å². The molecular weight excluding hydrogens is 288 g/mol. The van der Waals surface area contributed by atoms with Gasteiger partial charge in [0.1, 0.15) is 5.38 Å². The lowest BCUT2D eigenvalue weighted by molar-refractivity contribution is -0.140. The van der Waals surface area contributed by atoms with Crippen LogP contribution in [0.3, 0.4) is 0 Å². The quantitative estimate of drug-likeness (QED) is 0.484. The van der Waals surface area contributed by atoms with E-state index in [4.69, 9.17) is 11.6 Å². The van der Waals surface area contributed by atoms with Crippen LogP contribution in [0, 0.1) is 0 Å². The van der Waals surface area contributed by atoms with Gasteiger partial charge < -0.3 is 4.74 Å². The molecule has 0 radical (unpaired) electrons. The Morgan fingerprint density at radius 3 is 2.33 bits per heavy atom. The fraction of sp³-hybridized carbons (Fsp3) is 0.176. The smallest absolute Gasteiger partial charge is 0.324 e. The molecule has 2 rings (SSSR count). The van der Waals surface area contributed by atoms with Crippen molar-refractivity contribution in [2.45, 2.75) is 11.8 Å². The zero-order valence-corrected chi connectivity index (χ0v) is 12.3. The molecule has 108 valence electrons. The first kappa shape index (κ1) is 15.3. The van der Waals surface area contributed by atoms with Crippen LogP contribution in [0.15, 0.2) is 54.6 Å². The fourth-order valence-electron chi connectivity index (χ4n) is 2.07. The van der Waals surface area contributed by atoms with Crippen LogP contribution in [0.5, 0.6) is 0 Å². The zero-order chi connectivity index (χ0) is 15.2. The minimum Gasteiger partial charge on any atom is -0.468 e. The summed E-state index contributed by atoms with van der Waals surface area (Å²) >= 11 is 6.00. The van der Waals surface area contributed by atoms with Crippen molar-refractivity contribution in [1.29, 1.82) is 0 Å². The Hall–Kier alpha value is -2.13. The standard InChI is InChI=1S/C17H15ClO3/c1-21-17(20)15(18)11-13-9-5-6-10-14(13)16(19)12-7-3-2-4-8-12/h2-10,15H,11H2,1H3. The number of alkyl halides is 1. The molecule has 4 heteroatoms. The van der Waals surface area contributed by atoms with Crippen LogP contribution in [0.2, 0.25) is 0 Å². The van der Waals surface area contributed by atoms with E-state index in [0.29, 0.717) is 11.1 Å². The number of ketones is 1. The molecule has 0 spiro atoms. The summed E-state index contributed by atoms with van der Waals surface area (Å²) in [7, 11) is 1.29. The largest absolute Gasteiger partial charge is 0.468 e. The number of methoxy groups -OCH3 is 1. The van der Waals surface area contributed by atoms with E-state index in [1.165, 1.54) is 7.11 Å². The van der Waals surface area contributed by atoms with E-state index in [2.05, 4.69) is 4.74 Å². The second-order valence-electron chi connectivity index (χ2n) is 4.55. The summed E-state index contributed by atoms with van der Waals surface area (Å²) in [5.41, 5.74) is 1.89. The first-order chi connectivity index (χ1) is 10.1. The predicted molar refractivity (Wildman–Crippen MR) is 81.7 cm³/mol. The summed E-state index contributed by atoms with van der Waals surface area (Å²) in [6.45, 7) is 0. The van der Waals surface area contributed by atoms with Gasteiger partial charge in [-0.05, 0) is 5.56 Å². The van der Waals surface area contributed by atoms with Gasteiger partial charge in [0.2, 0.25) is 0 Å². The van der Waals surface area contributed by atoms with Crippen LogP contribution >= 0.6 is 11.6 Å². The van der Waals surface area contributed by atoms with Crippen molar-refractivity contribution >= 4 is 23.4 Å². The van der Waals surface area contributed by atoms with Crippen molar-refractivity contribution in [3.63, 3.8) is 0 Å². The molecule has 0 aliphatic rings. The van der Waals surface area contributed by atoms with Crippen LogP contribution in [0.4, 0.5) is 0 Å². The molecule has 1 unspecified atom stereocenters. The highest BCUT2D eigenvalue weighted by atomic mass is 35.5. The van der Waals surface area contributed by atoms with Crippen LogP contribution < -0.4 is 0 Å². The number of halogens is 1. The number of ether oxygens (including phenoxy) is 1. The van der Waals surface area contributed by atoms with Gasteiger partial charge in [-0.3, -0.25) is 9.59 Å². The highest BCUT2D eigenvalue weighted by Gasteiger charge is 2.20.